The van der Waals surface area contributed by atoms with Crippen LogP contribution in [0.2, 0.25) is 0 Å². The number of benzene rings is 2. The minimum absolute atomic E-state index is 0.477. The monoisotopic (exact) mass is 414 g/mol. The van der Waals surface area contributed by atoms with Crippen molar-refractivity contribution >= 4 is 5.82 Å². The molecule has 0 unspecified atom stereocenters. The summed E-state index contributed by atoms with van der Waals surface area (Å²) in [5.41, 5.74) is 13.7. The van der Waals surface area contributed by atoms with Gasteiger partial charge in [-0.3, -0.25) is 0 Å². The van der Waals surface area contributed by atoms with E-state index in [0.717, 1.165) is 24.1 Å². The van der Waals surface area contributed by atoms with Crippen LogP contribution in [0.3, 0.4) is 0 Å². The first-order valence-corrected chi connectivity index (χ1v) is 11.9. The third-order valence-electron chi connectivity index (χ3n) is 6.27. The fourth-order valence-corrected chi connectivity index (χ4v) is 4.55. The van der Waals surface area contributed by atoms with E-state index in [9.17, 15) is 0 Å². The van der Waals surface area contributed by atoms with Crippen LogP contribution in [0.1, 0.15) is 69.4 Å². The van der Waals surface area contributed by atoms with Gasteiger partial charge in [0, 0.05) is 5.56 Å². The lowest BCUT2D eigenvalue weighted by molar-refractivity contribution is 0.305. The van der Waals surface area contributed by atoms with Crippen molar-refractivity contribution in [1.82, 2.24) is 4.98 Å². The molecule has 0 saturated carbocycles. The molecule has 1 aliphatic rings. The van der Waals surface area contributed by atoms with Crippen LogP contribution in [0.25, 0.3) is 22.4 Å². The zero-order valence-electron chi connectivity index (χ0n) is 18.7. The number of fused-ring (bicyclic) bond motifs is 3. The number of nitrogens with two attached hydrogens (primary N) is 1. The summed E-state index contributed by atoms with van der Waals surface area (Å²) in [6, 6.07) is 19.1. The Labute approximate surface area is 186 Å². The maximum atomic E-state index is 6.26. The molecule has 2 N–H and O–H groups in total. The summed E-state index contributed by atoms with van der Waals surface area (Å²) in [5.74, 6) is 1.17. The summed E-state index contributed by atoms with van der Waals surface area (Å²) in [5, 5.41) is 0. The summed E-state index contributed by atoms with van der Waals surface area (Å²) in [4.78, 5) is 4.69. The van der Waals surface area contributed by atoms with Crippen molar-refractivity contribution in [3.63, 3.8) is 0 Å². The molecule has 0 aliphatic heterocycles. The first-order valence-electron chi connectivity index (χ1n) is 11.9. The first-order chi connectivity index (χ1) is 15.3. The lowest BCUT2D eigenvalue weighted by atomic mass is 9.99. The Kier molecular flexibility index (Phi) is 7.24. The van der Waals surface area contributed by atoms with Crippen molar-refractivity contribution in [2.45, 2.75) is 64.7 Å². The molecule has 0 atom stereocenters. The number of ether oxygens (including phenoxy) is 1. The fraction of sp³-hybridized carbons (Fsp3) is 0.393. The fourth-order valence-electron chi connectivity index (χ4n) is 4.55. The van der Waals surface area contributed by atoms with Crippen molar-refractivity contribution in [1.29, 1.82) is 0 Å². The number of pyridine rings is 1. The van der Waals surface area contributed by atoms with Crippen LogP contribution >= 0.6 is 0 Å². The van der Waals surface area contributed by atoms with Gasteiger partial charge in [-0.2, -0.15) is 0 Å². The van der Waals surface area contributed by atoms with Gasteiger partial charge < -0.3 is 10.5 Å². The van der Waals surface area contributed by atoms with Gasteiger partial charge in [-0.05, 0) is 47.2 Å². The van der Waals surface area contributed by atoms with Gasteiger partial charge in [-0.25, -0.2) is 4.98 Å². The van der Waals surface area contributed by atoms with E-state index in [1.165, 1.54) is 67.2 Å². The van der Waals surface area contributed by atoms with Gasteiger partial charge in [0.05, 0.1) is 12.3 Å². The standard InChI is InChI=1S/C28H34N2O/c1-2-3-4-5-6-7-8-11-19-31-27-18-17-26(30-28(27)29)24-16-12-15-23-22-14-10-9-13-21(22)20-25(23)24/h9-10,12-18H,2-8,11,19-20H2,1H3,(H2,29,30). The zero-order chi connectivity index (χ0) is 21.5. The Morgan fingerprint density at radius 3 is 2.29 bits per heavy atom. The van der Waals surface area contributed by atoms with E-state index in [4.69, 9.17) is 15.5 Å². The smallest absolute Gasteiger partial charge is 0.166 e. The number of hydrogen-bond acceptors (Lipinski definition) is 3. The zero-order valence-corrected chi connectivity index (χ0v) is 18.7. The molecule has 1 aromatic heterocycles. The second-order valence-corrected chi connectivity index (χ2v) is 8.57. The summed E-state index contributed by atoms with van der Waals surface area (Å²) in [6.07, 6.45) is 11.3. The molecule has 0 saturated heterocycles. The average Bonchev–Trinajstić information content (AvgIpc) is 3.18. The first kappa shape index (κ1) is 21.4. The molecular weight excluding hydrogens is 380 g/mol. The highest BCUT2D eigenvalue weighted by atomic mass is 16.5. The Morgan fingerprint density at radius 1 is 0.774 bits per heavy atom. The second kappa shape index (κ2) is 10.5. The van der Waals surface area contributed by atoms with Crippen molar-refractivity contribution in [3.8, 4) is 28.1 Å². The molecule has 162 valence electrons. The molecule has 3 heteroatoms. The Balaban J connectivity index is 1.34. The SMILES string of the molecule is CCCCCCCCCCOc1ccc(-c2cccc3c2Cc2ccccc2-3)nc1N. The lowest BCUT2D eigenvalue weighted by Crippen LogP contribution is -2.03. The third-order valence-corrected chi connectivity index (χ3v) is 6.27. The van der Waals surface area contributed by atoms with Gasteiger partial charge in [-0.15, -0.1) is 0 Å². The minimum Gasteiger partial charge on any atom is -0.490 e. The molecule has 3 nitrogen and oxygen atoms in total. The van der Waals surface area contributed by atoms with Gasteiger partial charge in [0.15, 0.2) is 11.6 Å². The number of rotatable bonds is 11. The largest absolute Gasteiger partial charge is 0.490 e. The molecule has 31 heavy (non-hydrogen) atoms. The predicted molar refractivity (Wildman–Crippen MR) is 130 cm³/mol. The molecule has 0 bridgehead atoms. The van der Waals surface area contributed by atoms with E-state index in [2.05, 4.69) is 49.4 Å². The van der Waals surface area contributed by atoms with Crippen LogP contribution in [0.4, 0.5) is 5.82 Å². The van der Waals surface area contributed by atoms with Crippen LogP contribution in [-0.4, -0.2) is 11.6 Å². The van der Waals surface area contributed by atoms with Crippen LogP contribution in [0, 0.1) is 0 Å². The Morgan fingerprint density at radius 2 is 1.48 bits per heavy atom. The van der Waals surface area contributed by atoms with Gasteiger partial charge in [0.1, 0.15) is 0 Å². The van der Waals surface area contributed by atoms with Gasteiger partial charge in [-0.1, -0.05) is 94.3 Å². The number of anilines is 1. The maximum Gasteiger partial charge on any atom is 0.166 e. The highest BCUT2D eigenvalue weighted by Crippen LogP contribution is 2.41. The van der Waals surface area contributed by atoms with E-state index in [0.29, 0.717) is 18.2 Å². The molecule has 0 spiro atoms. The van der Waals surface area contributed by atoms with Crippen LogP contribution in [0.15, 0.2) is 54.6 Å². The normalized spacial score (nSPS) is 11.9. The molecule has 1 aliphatic carbocycles. The minimum atomic E-state index is 0.477. The second-order valence-electron chi connectivity index (χ2n) is 8.57. The topological polar surface area (TPSA) is 48.1 Å². The number of nitrogens with zero attached hydrogens (tertiary/aromatic N) is 1. The van der Waals surface area contributed by atoms with E-state index >= 15 is 0 Å². The van der Waals surface area contributed by atoms with E-state index in [1.54, 1.807) is 0 Å². The summed E-state index contributed by atoms with van der Waals surface area (Å²) < 4.78 is 5.93. The van der Waals surface area contributed by atoms with Crippen LogP contribution < -0.4 is 10.5 Å². The highest BCUT2D eigenvalue weighted by molar-refractivity contribution is 5.84. The Bertz CT molecular complexity index is 1010. The molecule has 0 amide bonds. The lowest BCUT2D eigenvalue weighted by Gasteiger charge is -2.12. The van der Waals surface area contributed by atoms with E-state index in [1.807, 2.05) is 12.1 Å². The van der Waals surface area contributed by atoms with E-state index in [-0.39, 0.29) is 0 Å². The van der Waals surface area contributed by atoms with Crippen LogP contribution in [-0.2, 0) is 6.42 Å². The molecule has 3 aromatic rings. The molecule has 1 heterocycles. The number of aromatic nitrogens is 1. The third kappa shape index (κ3) is 5.10. The summed E-state index contributed by atoms with van der Waals surface area (Å²) in [7, 11) is 0. The average molecular weight is 415 g/mol. The van der Waals surface area contributed by atoms with Crippen LogP contribution in [0.5, 0.6) is 5.75 Å². The predicted octanol–water partition coefficient (Wildman–Crippen LogP) is 7.42. The number of unbranched alkanes of at least 4 members (excludes halogenated alkanes) is 7. The molecule has 0 fully saturated rings. The number of nitrogen functional groups attached to an aromatic ring is 1. The molecular formula is C28H34N2O. The molecule has 2 aromatic carbocycles. The van der Waals surface area contributed by atoms with Gasteiger partial charge >= 0.3 is 0 Å². The van der Waals surface area contributed by atoms with Gasteiger partial charge in [0.2, 0.25) is 0 Å². The van der Waals surface area contributed by atoms with Crippen molar-refractivity contribution in [3.05, 3.63) is 65.7 Å². The van der Waals surface area contributed by atoms with Crippen molar-refractivity contribution in [2.75, 3.05) is 12.3 Å². The quantitative estimate of drug-likeness (QED) is 0.260. The summed E-state index contributed by atoms with van der Waals surface area (Å²) in [6.45, 7) is 2.96. The van der Waals surface area contributed by atoms with Crippen molar-refractivity contribution in [2.24, 2.45) is 0 Å². The van der Waals surface area contributed by atoms with Gasteiger partial charge in [0.25, 0.3) is 0 Å². The van der Waals surface area contributed by atoms with Crippen molar-refractivity contribution < 1.29 is 4.74 Å². The Hall–Kier alpha value is -2.81. The maximum absolute atomic E-state index is 6.26. The highest BCUT2D eigenvalue weighted by Gasteiger charge is 2.21. The molecule has 0 radical (unpaired) electrons. The van der Waals surface area contributed by atoms with E-state index < -0.39 is 0 Å². The number of hydrogen-bond donors (Lipinski definition) is 1. The summed E-state index contributed by atoms with van der Waals surface area (Å²) >= 11 is 0. The molecule has 4 rings (SSSR count).